The third kappa shape index (κ3) is 3.11. The molecule has 2 aliphatic heterocycles. The van der Waals surface area contributed by atoms with E-state index >= 15 is 0 Å². The van der Waals surface area contributed by atoms with Crippen LogP contribution in [0.25, 0.3) is 0 Å². The Hall–Kier alpha value is -0.280. The molecular weight excluding hydrogens is 224 g/mol. The number of piperidine rings is 1. The molecular formula is C12H23ClN2O. The average molecular weight is 247 g/mol. The van der Waals surface area contributed by atoms with Crippen molar-refractivity contribution < 1.29 is 4.79 Å². The first-order chi connectivity index (χ1) is 7.08. The molecule has 0 saturated carbocycles. The van der Waals surface area contributed by atoms with Gasteiger partial charge in [0.2, 0.25) is 5.91 Å². The van der Waals surface area contributed by atoms with Crippen LogP contribution in [0.3, 0.4) is 0 Å². The lowest BCUT2D eigenvalue weighted by atomic mass is 9.82. The van der Waals surface area contributed by atoms with Gasteiger partial charge in [0, 0.05) is 13.1 Å². The Balaban J connectivity index is 0.00000128. The predicted molar refractivity (Wildman–Crippen MR) is 67.9 cm³/mol. The number of nitrogens with zero attached hydrogens (tertiary/aromatic N) is 1. The zero-order valence-corrected chi connectivity index (χ0v) is 11.1. The minimum Gasteiger partial charge on any atom is -0.341 e. The average Bonchev–Trinajstić information content (AvgIpc) is 2.69. The highest BCUT2D eigenvalue weighted by molar-refractivity contribution is 5.85. The van der Waals surface area contributed by atoms with E-state index in [0.29, 0.717) is 11.3 Å². The van der Waals surface area contributed by atoms with Crippen LogP contribution in [0.15, 0.2) is 0 Å². The van der Waals surface area contributed by atoms with Crippen molar-refractivity contribution in [2.75, 3.05) is 19.6 Å². The smallest absolute Gasteiger partial charge is 0.239 e. The predicted octanol–water partition coefficient (Wildman–Crippen LogP) is 1.81. The zero-order chi connectivity index (χ0) is 10.9. The van der Waals surface area contributed by atoms with Crippen LogP contribution >= 0.6 is 12.4 Å². The van der Waals surface area contributed by atoms with Crippen molar-refractivity contribution in [1.29, 1.82) is 0 Å². The number of halogens is 1. The lowest BCUT2D eigenvalue weighted by Gasteiger charge is -2.37. The van der Waals surface area contributed by atoms with E-state index in [2.05, 4.69) is 19.2 Å². The van der Waals surface area contributed by atoms with Crippen LogP contribution in [0, 0.1) is 5.41 Å². The second kappa shape index (κ2) is 5.37. The van der Waals surface area contributed by atoms with Gasteiger partial charge in [-0.3, -0.25) is 4.79 Å². The molecule has 2 rings (SSSR count). The molecule has 0 aromatic carbocycles. The summed E-state index contributed by atoms with van der Waals surface area (Å²) in [5, 5.41) is 3.28. The molecule has 0 spiro atoms. The van der Waals surface area contributed by atoms with Crippen molar-refractivity contribution in [1.82, 2.24) is 10.2 Å². The molecule has 0 aromatic rings. The monoisotopic (exact) mass is 246 g/mol. The van der Waals surface area contributed by atoms with Crippen molar-refractivity contribution in [2.24, 2.45) is 5.41 Å². The fourth-order valence-electron chi connectivity index (χ4n) is 2.45. The molecule has 0 aromatic heterocycles. The third-order valence-corrected chi connectivity index (χ3v) is 3.79. The summed E-state index contributed by atoms with van der Waals surface area (Å²) in [6, 6.07) is 0.117. The number of hydrogen-bond donors (Lipinski definition) is 1. The van der Waals surface area contributed by atoms with Crippen molar-refractivity contribution in [2.45, 2.75) is 45.6 Å². The minimum absolute atomic E-state index is 0. The molecule has 1 N–H and O–H groups in total. The van der Waals surface area contributed by atoms with E-state index in [1.54, 1.807) is 0 Å². The summed E-state index contributed by atoms with van der Waals surface area (Å²) in [4.78, 5) is 14.1. The second-order valence-electron chi connectivity index (χ2n) is 5.64. The molecule has 2 aliphatic rings. The molecule has 2 heterocycles. The molecule has 3 nitrogen and oxygen atoms in total. The molecule has 0 unspecified atom stereocenters. The topological polar surface area (TPSA) is 32.3 Å². The Morgan fingerprint density at radius 3 is 2.44 bits per heavy atom. The van der Waals surface area contributed by atoms with E-state index in [-0.39, 0.29) is 18.4 Å². The SMILES string of the molecule is CC1(C)CCN(C(=O)[C@@H]2CCCN2)CC1.Cl. The Kier molecular flexibility index (Phi) is 4.62. The van der Waals surface area contributed by atoms with Crippen molar-refractivity contribution in [3.8, 4) is 0 Å². The van der Waals surface area contributed by atoms with Crippen LogP contribution in [0.4, 0.5) is 0 Å². The van der Waals surface area contributed by atoms with Crippen molar-refractivity contribution in [3.05, 3.63) is 0 Å². The van der Waals surface area contributed by atoms with Gasteiger partial charge >= 0.3 is 0 Å². The van der Waals surface area contributed by atoms with E-state index < -0.39 is 0 Å². The standard InChI is InChI=1S/C12H22N2O.ClH/c1-12(2)5-8-14(9-6-12)11(15)10-4-3-7-13-10;/h10,13H,3-9H2,1-2H3;1H/t10-;/m0./s1. The molecule has 0 bridgehead atoms. The van der Waals surface area contributed by atoms with Gasteiger partial charge in [0.05, 0.1) is 6.04 Å². The van der Waals surface area contributed by atoms with Crippen LogP contribution in [-0.2, 0) is 4.79 Å². The van der Waals surface area contributed by atoms with Gasteiger partial charge in [0.15, 0.2) is 0 Å². The largest absolute Gasteiger partial charge is 0.341 e. The lowest BCUT2D eigenvalue weighted by Crippen LogP contribution is -2.48. The Morgan fingerprint density at radius 1 is 1.31 bits per heavy atom. The van der Waals surface area contributed by atoms with E-state index in [9.17, 15) is 4.79 Å². The number of carbonyl (C=O) groups is 1. The van der Waals surface area contributed by atoms with E-state index in [1.165, 1.54) is 0 Å². The fraction of sp³-hybridized carbons (Fsp3) is 0.917. The highest BCUT2D eigenvalue weighted by atomic mass is 35.5. The van der Waals surface area contributed by atoms with E-state index in [0.717, 1.165) is 45.3 Å². The highest BCUT2D eigenvalue weighted by Crippen LogP contribution is 2.30. The quantitative estimate of drug-likeness (QED) is 0.766. The number of rotatable bonds is 1. The normalized spacial score (nSPS) is 28.6. The zero-order valence-electron chi connectivity index (χ0n) is 10.3. The molecule has 2 saturated heterocycles. The summed E-state index contributed by atoms with van der Waals surface area (Å²) in [6.07, 6.45) is 4.46. The van der Waals surface area contributed by atoms with Gasteiger partial charge in [0.25, 0.3) is 0 Å². The molecule has 0 radical (unpaired) electrons. The first-order valence-electron chi connectivity index (χ1n) is 6.11. The number of carbonyl (C=O) groups excluding carboxylic acids is 1. The van der Waals surface area contributed by atoms with E-state index in [1.807, 2.05) is 4.90 Å². The second-order valence-corrected chi connectivity index (χ2v) is 5.64. The Morgan fingerprint density at radius 2 is 1.94 bits per heavy atom. The summed E-state index contributed by atoms with van der Waals surface area (Å²) < 4.78 is 0. The Labute approximate surface area is 104 Å². The van der Waals surface area contributed by atoms with Crippen molar-refractivity contribution >= 4 is 18.3 Å². The first-order valence-corrected chi connectivity index (χ1v) is 6.11. The maximum Gasteiger partial charge on any atom is 0.239 e. The van der Waals surface area contributed by atoms with E-state index in [4.69, 9.17) is 0 Å². The summed E-state index contributed by atoms with van der Waals surface area (Å²) >= 11 is 0. The molecule has 1 amide bonds. The number of amides is 1. The molecule has 2 fully saturated rings. The molecule has 0 aliphatic carbocycles. The van der Waals surface area contributed by atoms with Crippen LogP contribution in [0.1, 0.15) is 39.5 Å². The minimum atomic E-state index is 0. The van der Waals surface area contributed by atoms with Crippen molar-refractivity contribution in [3.63, 3.8) is 0 Å². The molecule has 16 heavy (non-hydrogen) atoms. The van der Waals surface area contributed by atoms with Gasteiger partial charge < -0.3 is 10.2 Å². The van der Waals surface area contributed by atoms with Gasteiger partial charge in [-0.25, -0.2) is 0 Å². The van der Waals surface area contributed by atoms with Gasteiger partial charge in [0.1, 0.15) is 0 Å². The van der Waals surface area contributed by atoms with Crippen LogP contribution in [0.5, 0.6) is 0 Å². The van der Waals surface area contributed by atoms with Gasteiger partial charge in [-0.1, -0.05) is 13.8 Å². The summed E-state index contributed by atoms with van der Waals surface area (Å²) in [5.74, 6) is 0.336. The van der Waals surface area contributed by atoms with Gasteiger partial charge in [-0.15, -0.1) is 12.4 Å². The Bertz CT molecular complexity index is 239. The van der Waals surface area contributed by atoms with Crippen LogP contribution in [0.2, 0.25) is 0 Å². The maximum atomic E-state index is 12.1. The highest BCUT2D eigenvalue weighted by Gasteiger charge is 2.32. The number of nitrogens with one attached hydrogen (secondary N) is 1. The number of likely N-dealkylation sites (tertiary alicyclic amines) is 1. The summed E-state index contributed by atoms with van der Waals surface area (Å²) in [5.41, 5.74) is 0.430. The van der Waals surface area contributed by atoms with Gasteiger partial charge in [-0.05, 0) is 37.6 Å². The molecule has 94 valence electrons. The van der Waals surface area contributed by atoms with Gasteiger partial charge in [-0.2, -0.15) is 0 Å². The first kappa shape index (κ1) is 13.8. The lowest BCUT2D eigenvalue weighted by molar-refractivity contribution is -0.135. The number of hydrogen-bond acceptors (Lipinski definition) is 2. The summed E-state index contributed by atoms with van der Waals surface area (Å²) in [6.45, 7) is 7.50. The molecule has 4 heteroatoms. The van der Waals surface area contributed by atoms with Crippen LogP contribution in [-0.4, -0.2) is 36.5 Å². The fourth-order valence-corrected chi connectivity index (χ4v) is 2.45. The summed E-state index contributed by atoms with van der Waals surface area (Å²) in [7, 11) is 0. The maximum absolute atomic E-state index is 12.1. The van der Waals surface area contributed by atoms with Crippen LogP contribution < -0.4 is 5.32 Å². The molecule has 1 atom stereocenters. The third-order valence-electron chi connectivity index (χ3n) is 3.79.